The Labute approximate surface area is 121 Å². The Bertz CT molecular complexity index is 427. The summed E-state index contributed by atoms with van der Waals surface area (Å²) < 4.78 is 6.38. The fourth-order valence-electron chi connectivity index (χ4n) is 1.80. The summed E-state index contributed by atoms with van der Waals surface area (Å²) in [6.45, 7) is 1.71. The minimum Gasteiger partial charge on any atom is -0.478 e. The molecule has 0 bridgehead atoms. The van der Waals surface area contributed by atoms with Crippen LogP contribution < -0.4 is 0 Å². The molecule has 1 fully saturated rings. The highest BCUT2D eigenvalue weighted by molar-refractivity contribution is 14.1. The van der Waals surface area contributed by atoms with Gasteiger partial charge in [-0.2, -0.15) is 0 Å². The maximum absolute atomic E-state index is 10.9. The van der Waals surface area contributed by atoms with Gasteiger partial charge in [-0.05, 0) is 71.9 Å². The Kier molecular flexibility index (Phi) is 5.00. The average molecular weight is 360 g/mol. The second kappa shape index (κ2) is 6.52. The molecule has 1 aromatic carbocycles. The number of carboxylic acid groups (broad SMARTS) is 1. The molecule has 0 amide bonds. The first-order chi connectivity index (χ1) is 8.66. The van der Waals surface area contributed by atoms with E-state index < -0.39 is 5.97 Å². The fraction of sp³-hybridized carbons (Fsp3) is 0.500. The monoisotopic (exact) mass is 360 g/mol. The zero-order valence-electron chi connectivity index (χ0n) is 10.2. The van der Waals surface area contributed by atoms with Crippen LogP contribution in [-0.4, -0.2) is 24.3 Å². The van der Waals surface area contributed by atoms with Gasteiger partial charge >= 0.3 is 5.97 Å². The van der Waals surface area contributed by atoms with Gasteiger partial charge in [0.25, 0.3) is 0 Å². The van der Waals surface area contributed by atoms with Crippen molar-refractivity contribution in [1.82, 2.24) is 0 Å². The van der Waals surface area contributed by atoms with Gasteiger partial charge in [0, 0.05) is 16.8 Å². The molecular weight excluding hydrogens is 343 g/mol. The van der Waals surface area contributed by atoms with E-state index >= 15 is 0 Å². The number of carboxylic acids is 1. The second-order valence-corrected chi connectivity index (χ2v) is 5.90. The lowest BCUT2D eigenvalue weighted by Gasteiger charge is -2.05. The van der Waals surface area contributed by atoms with Gasteiger partial charge in [-0.3, -0.25) is 0 Å². The molecule has 1 N–H and O–H groups in total. The van der Waals surface area contributed by atoms with Crippen molar-refractivity contribution in [2.75, 3.05) is 13.2 Å². The molecule has 0 atom stereocenters. The molecule has 3 nitrogen and oxygen atoms in total. The Balaban J connectivity index is 1.74. The number of rotatable bonds is 7. The minimum absolute atomic E-state index is 0.379. The SMILES string of the molecule is O=C(O)c1ccc(CCCOCC2CC2)cc1I. The Morgan fingerprint density at radius 2 is 2.22 bits per heavy atom. The quantitative estimate of drug-likeness (QED) is 0.599. The zero-order valence-corrected chi connectivity index (χ0v) is 12.4. The van der Waals surface area contributed by atoms with Gasteiger partial charge in [0.15, 0.2) is 0 Å². The summed E-state index contributed by atoms with van der Waals surface area (Å²) in [5.41, 5.74) is 1.56. The third-order valence-electron chi connectivity index (χ3n) is 3.07. The van der Waals surface area contributed by atoms with Crippen molar-refractivity contribution in [3.05, 3.63) is 32.9 Å². The Morgan fingerprint density at radius 1 is 1.44 bits per heavy atom. The van der Waals surface area contributed by atoms with Crippen LogP contribution in [0.25, 0.3) is 0 Å². The van der Waals surface area contributed by atoms with Crippen molar-refractivity contribution in [3.8, 4) is 0 Å². The summed E-state index contributed by atoms with van der Waals surface area (Å²) in [5, 5.41) is 8.94. The van der Waals surface area contributed by atoms with Crippen molar-refractivity contribution in [1.29, 1.82) is 0 Å². The standard InChI is InChI=1S/C14H17IO3/c15-13-8-10(5-6-12(13)14(16)17)2-1-7-18-9-11-3-4-11/h5-6,8,11H,1-4,7,9H2,(H,16,17). The van der Waals surface area contributed by atoms with E-state index in [-0.39, 0.29) is 0 Å². The van der Waals surface area contributed by atoms with Gasteiger partial charge in [0.2, 0.25) is 0 Å². The molecule has 0 unspecified atom stereocenters. The van der Waals surface area contributed by atoms with Gasteiger partial charge in [-0.25, -0.2) is 4.79 Å². The summed E-state index contributed by atoms with van der Waals surface area (Å²) in [4.78, 5) is 10.9. The zero-order chi connectivity index (χ0) is 13.0. The van der Waals surface area contributed by atoms with E-state index in [0.717, 1.165) is 35.5 Å². The first-order valence-corrected chi connectivity index (χ1v) is 7.34. The molecule has 1 aliphatic carbocycles. The predicted molar refractivity (Wildman–Crippen MR) is 78.0 cm³/mol. The normalized spacial score (nSPS) is 14.7. The number of aryl methyl sites for hydroxylation is 1. The molecule has 0 radical (unpaired) electrons. The Hall–Kier alpha value is -0.620. The number of benzene rings is 1. The molecule has 0 saturated heterocycles. The lowest BCUT2D eigenvalue weighted by molar-refractivity contribution is 0.0695. The first kappa shape index (κ1) is 13.8. The highest BCUT2D eigenvalue weighted by Crippen LogP contribution is 2.28. The highest BCUT2D eigenvalue weighted by atomic mass is 127. The van der Waals surface area contributed by atoms with Crippen LogP contribution in [0.2, 0.25) is 0 Å². The van der Waals surface area contributed by atoms with Crippen LogP contribution in [0.4, 0.5) is 0 Å². The van der Waals surface area contributed by atoms with E-state index in [4.69, 9.17) is 9.84 Å². The van der Waals surface area contributed by atoms with Crippen LogP contribution in [0, 0.1) is 9.49 Å². The van der Waals surface area contributed by atoms with Crippen LogP contribution in [0.3, 0.4) is 0 Å². The maximum atomic E-state index is 10.9. The van der Waals surface area contributed by atoms with Gasteiger partial charge in [-0.1, -0.05) is 6.07 Å². The third-order valence-corrected chi connectivity index (χ3v) is 3.96. The van der Waals surface area contributed by atoms with Crippen molar-refractivity contribution in [3.63, 3.8) is 0 Å². The van der Waals surface area contributed by atoms with Gasteiger partial charge in [0.1, 0.15) is 0 Å². The molecular formula is C14H17IO3. The third kappa shape index (κ3) is 4.24. The topological polar surface area (TPSA) is 46.5 Å². The van der Waals surface area contributed by atoms with E-state index in [1.807, 2.05) is 12.1 Å². The van der Waals surface area contributed by atoms with E-state index in [1.54, 1.807) is 6.07 Å². The molecule has 0 aromatic heterocycles. The molecule has 0 spiro atoms. The summed E-state index contributed by atoms with van der Waals surface area (Å²) in [6, 6.07) is 5.53. The second-order valence-electron chi connectivity index (χ2n) is 4.74. The first-order valence-electron chi connectivity index (χ1n) is 6.26. The van der Waals surface area contributed by atoms with Gasteiger partial charge < -0.3 is 9.84 Å². The molecule has 4 heteroatoms. The number of aromatic carboxylic acids is 1. The average Bonchev–Trinajstić information content (AvgIpc) is 3.12. The number of carbonyl (C=O) groups is 1. The molecule has 98 valence electrons. The summed E-state index contributed by atoms with van der Waals surface area (Å²) >= 11 is 2.07. The highest BCUT2D eigenvalue weighted by Gasteiger charge is 2.20. The van der Waals surface area contributed by atoms with Crippen LogP contribution in [0.1, 0.15) is 35.2 Å². The lowest BCUT2D eigenvalue weighted by atomic mass is 10.1. The van der Waals surface area contributed by atoms with Crippen molar-refractivity contribution in [2.24, 2.45) is 5.92 Å². The number of hydrogen-bond donors (Lipinski definition) is 1. The molecule has 1 aliphatic rings. The van der Waals surface area contributed by atoms with Crippen LogP contribution in [0.15, 0.2) is 18.2 Å². The molecule has 0 heterocycles. The van der Waals surface area contributed by atoms with E-state index in [2.05, 4.69) is 22.6 Å². The van der Waals surface area contributed by atoms with Crippen molar-refractivity contribution < 1.29 is 14.6 Å². The van der Waals surface area contributed by atoms with E-state index in [0.29, 0.717) is 5.56 Å². The van der Waals surface area contributed by atoms with E-state index in [9.17, 15) is 4.79 Å². The van der Waals surface area contributed by atoms with Crippen molar-refractivity contribution in [2.45, 2.75) is 25.7 Å². The predicted octanol–water partition coefficient (Wildman–Crippen LogP) is 3.35. The summed E-state index contributed by atoms with van der Waals surface area (Å²) in [5.74, 6) is -0.0421. The lowest BCUT2D eigenvalue weighted by Crippen LogP contribution is -2.02. The van der Waals surface area contributed by atoms with Crippen molar-refractivity contribution >= 4 is 28.6 Å². The molecule has 1 aromatic rings. The smallest absolute Gasteiger partial charge is 0.336 e. The minimum atomic E-state index is -0.862. The number of halogens is 1. The molecule has 2 rings (SSSR count). The van der Waals surface area contributed by atoms with Crippen LogP contribution in [-0.2, 0) is 11.2 Å². The van der Waals surface area contributed by atoms with Crippen LogP contribution in [0.5, 0.6) is 0 Å². The van der Waals surface area contributed by atoms with E-state index in [1.165, 1.54) is 18.4 Å². The molecule has 18 heavy (non-hydrogen) atoms. The Morgan fingerprint density at radius 3 is 2.83 bits per heavy atom. The largest absolute Gasteiger partial charge is 0.478 e. The van der Waals surface area contributed by atoms with Gasteiger partial charge in [-0.15, -0.1) is 0 Å². The number of hydrogen-bond acceptors (Lipinski definition) is 2. The fourth-order valence-corrected chi connectivity index (χ4v) is 2.61. The summed E-state index contributed by atoms with van der Waals surface area (Å²) in [7, 11) is 0. The molecule has 1 saturated carbocycles. The van der Waals surface area contributed by atoms with Crippen LogP contribution >= 0.6 is 22.6 Å². The van der Waals surface area contributed by atoms with Gasteiger partial charge in [0.05, 0.1) is 5.56 Å². The summed E-state index contributed by atoms with van der Waals surface area (Å²) in [6.07, 6.45) is 4.60. The maximum Gasteiger partial charge on any atom is 0.336 e. The molecule has 0 aliphatic heterocycles. The number of ether oxygens (including phenoxy) is 1.